The van der Waals surface area contributed by atoms with E-state index in [1.165, 1.54) is 21.8 Å². The maximum absolute atomic E-state index is 13.3. The zero-order valence-corrected chi connectivity index (χ0v) is 20.7. The first-order valence-electron chi connectivity index (χ1n) is 12.7. The highest BCUT2D eigenvalue weighted by Crippen LogP contribution is 2.33. The summed E-state index contributed by atoms with van der Waals surface area (Å²) in [7, 11) is 0. The van der Waals surface area contributed by atoms with E-state index in [-0.39, 0.29) is 36.4 Å². The molecule has 2 aliphatic rings. The number of aromatic nitrogens is 6. The molecule has 4 aromatic rings. The van der Waals surface area contributed by atoms with Crippen LogP contribution in [0.25, 0.3) is 16.7 Å². The summed E-state index contributed by atoms with van der Waals surface area (Å²) in [5.74, 6) is 0.116. The van der Waals surface area contributed by atoms with Gasteiger partial charge in [0.25, 0.3) is 5.56 Å². The number of piperidine rings is 1. The molecule has 1 aliphatic carbocycles. The van der Waals surface area contributed by atoms with Crippen molar-refractivity contribution in [2.75, 3.05) is 18.4 Å². The molecule has 1 saturated carbocycles. The van der Waals surface area contributed by atoms with E-state index in [2.05, 4.69) is 20.5 Å². The third-order valence-electron chi connectivity index (χ3n) is 7.19. The molecule has 0 bridgehead atoms. The molecule has 2 amide bonds. The number of aliphatic hydroxyl groups is 1. The Balaban J connectivity index is 1.17. The Morgan fingerprint density at radius 1 is 1.13 bits per heavy atom. The predicted octanol–water partition coefficient (Wildman–Crippen LogP) is 1.18. The number of benzene rings is 1. The van der Waals surface area contributed by atoms with Crippen molar-refractivity contribution >= 4 is 28.5 Å². The van der Waals surface area contributed by atoms with Crippen LogP contribution in [0.15, 0.2) is 60.0 Å². The highest BCUT2D eigenvalue weighted by atomic mass is 16.3. The predicted molar refractivity (Wildman–Crippen MR) is 137 cm³/mol. The zero-order chi connectivity index (χ0) is 26.3. The number of likely N-dealkylation sites (tertiary alicyclic amines) is 1. The zero-order valence-electron chi connectivity index (χ0n) is 20.7. The quantitative estimate of drug-likeness (QED) is 0.376. The van der Waals surface area contributed by atoms with Gasteiger partial charge in [0, 0.05) is 37.1 Å². The van der Waals surface area contributed by atoms with Crippen LogP contribution >= 0.6 is 0 Å². The Kier molecular flexibility index (Phi) is 6.03. The summed E-state index contributed by atoms with van der Waals surface area (Å²) in [4.78, 5) is 44.2. The van der Waals surface area contributed by atoms with Gasteiger partial charge in [-0.25, -0.2) is 9.67 Å². The van der Waals surface area contributed by atoms with Crippen molar-refractivity contribution in [3.8, 4) is 5.69 Å². The molecule has 0 spiro atoms. The number of fused-ring (bicyclic) bond motifs is 1. The molecule has 0 radical (unpaired) electrons. The fourth-order valence-corrected chi connectivity index (χ4v) is 4.91. The van der Waals surface area contributed by atoms with Crippen molar-refractivity contribution in [2.24, 2.45) is 5.92 Å². The monoisotopic (exact) mass is 516 g/mol. The lowest BCUT2D eigenvalue weighted by atomic mass is 9.91. The van der Waals surface area contributed by atoms with Crippen molar-refractivity contribution in [1.82, 2.24) is 34.0 Å². The van der Waals surface area contributed by atoms with Crippen LogP contribution in [0.4, 0.5) is 5.69 Å². The lowest BCUT2D eigenvalue weighted by molar-refractivity contribution is -0.137. The number of hydrogen-bond acceptors (Lipinski definition) is 7. The number of carbonyl (C=O) groups excluding carboxylic acids is 2. The van der Waals surface area contributed by atoms with E-state index < -0.39 is 5.60 Å². The molecule has 12 nitrogen and oxygen atoms in total. The van der Waals surface area contributed by atoms with Gasteiger partial charge in [-0.3, -0.25) is 23.6 Å². The van der Waals surface area contributed by atoms with Crippen molar-refractivity contribution in [1.29, 1.82) is 0 Å². The molecule has 0 unspecified atom stereocenters. The molecule has 12 heteroatoms. The maximum atomic E-state index is 13.3. The van der Waals surface area contributed by atoms with Crippen molar-refractivity contribution in [3.05, 3.63) is 65.6 Å². The molecule has 196 valence electrons. The van der Waals surface area contributed by atoms with E-state index in [0.29, 0.717) is 48.3 Å². The lowest BCUT2D eigenvalue weighted by Crippen LogP contribution is -2.50. The van der Waals surface area contributed by atoms with E-state index in [9.17, 15) is 19.5 Å². The third-order valence-corrected chi connectivity index (χ3v) is 7.19. The van der Waals surface area contributed by atoms with Crippen LogP contribution in [-0.2, 0) is 22.7 Å². The molecular formula is C26H28N8O4. The van der Waals surface area contributed by atoms with Crippen LogP contribution in [0.2, 0.25) is 0 Å². The maximum Gasteiger partial charge on any atom is 0.264 e. The molecule has 2 fully saturated rings. The minimum absolute atomic E-state index is 0.0875. The van der Waals surface area contributed by atoms with Crippen molar-refractivity contribution in [2.45, 2.75) is 44.4 Å². The van der Waals surface area contributed by atoms with Crippen molar-refractivity contribution in [3.63, 3.8) is 0 Å². The summed E-state index contributed by atoms with van der Waals surface area (Å²) < 4.78 is 4.49. The smallest absolute Gasteiger partial charge is 0.264 e. The number of amides is 2. The first-order chi connectivity index (χ1) is 18.4. The van der Waals surface area contributed by atoms with E-state index in [4.69, 9.17) is 0 Å². The minimum Gasteiger partial charge on any atom is -0.388 e. The number of nitrogens with zero attached hydrogens (tertiary/aromatic N) is 7. The van der Waals surface area contributed by atoms with E-state index in [0.717, 1.165) is 12.8 Å². The molecule has 2 N–H and O–H groups in total. The van der Waals surface area contributed by atoms with E-state index in [1.54, 1.807) is 41.3 Å². The Labute approximate surface area is 217 Å². The van der Waals surface area contributed by atoms with Gasteiger partial charge in [0.15, 0.2) is 5.65 Å². The largest absolute Gasteiger partial charge is 0.388 e. The number of hydrogen-bond donors (Lipinski definition) is 2. The van der Waals surface area contributed by atoms with E-state index >= 15 is 0 Å². The van der Waals surface area contributed by atoms with Crippen LogP contribution in [0.3, 0.4) is 0 Å². The second-order valence-corrected chi connectivity index (χ2v) is 10.1. The fourth-order valence-electron chi connectivity index (χ4n) is 4.91. The highest BCUT2D eigenvalue weighted by Gasteiger charge is 2.39. The van der Waals surface area contributed by atoms with Crippen molar-refractivity contribution < 1.29 is 14.7 Å². The molecule has 1 aliphatic heterocycles. The molecular weight excluding hydrogens is 488 g/mol. The first kappa shape index (κ1) is 24.0. The van der Waals surface area contributed by atoms with Gasteiger partial charge >= 0.3 is 0 Å². The van der Waals surface area contributed by atoms with Crippen LogP contribution in [0, 0.1) is 5.92 Å². The molecule has 4 heterocycles. The Hall–Kier alpha value is -4.32. The fraction of sp³-hybridized carbons (Fsp3) is 0.385. The summed E-state index contributed by atoms with van der Waals surface area (Å²) in [5.41, 5.74) is 0.203. The van der Waals surface area contributed by atoms with Crippen LogP contribution in [0.1, 0.15) is 25.7 Å². The average molecular weight is 517 g/mol. The summed E-state index contributed by atoms with van der Waals surface area (Å²) in [5, 5.41) is 22.7. The second-order valence-electron chi connectivity index (χ2n) is 10.1. The van der Waals surface area contributed by atoms with Crippen LogP contribution in [-0.4, -0.2) is 69.6 Å². The molecule has 1 saturated heterocycles. The van der Waals surface area contributed by atoms with Gasteiger partial charge in [-0.15, -0.1) is 0 Å². The van der Waals surface area contributed by atoms with Gasteiger partial charge in [-0.2, -0.15) is 10.2 Å². The minimum atomic E-state index is -1.09. The summed E-state index contributed by atoms with van der Waals surface area (Å²) in [6, 6.07) is 8.85. The van der Waals surface area contributed by atoms with Gasteiger partial charge in [-0.05, 0) is 49.9 Å². The molecule has 1 aromatic carbocycles. The molecule has 0 atom stereocenters. The van der Waals surface area contributed by atoms with Gasteiger partial charge in [0.2, 0.25) is 11.8 Å². The second kappa shape index (κ2) is 9.53. The third kappa shape index (κ3) is 4.82. The van der Waals surface area contributed by atoms with Gasteiger partial charge < -0.3 is 15.3 Å². The van der Waals surface area contributed by atoms with Crippen LogP contribution in [0.5, 0.6) is 0 Å². The molecule has 3 aromatic heterocycles. The summed E-state index contributed by atoms with van der Waals surface area (Å²) >= 11 is 0. The standard InChI is InChI=1S/C26H28N8O4/c35-22(15-33-10-2-9-28-33)30-19-3-1-4-20(13-19)34-23-21(14-29-34)25(37)32(17-27-23)16-26(38)7-11-31(12-8-26)24(36)18-5-6-18/h1-4,9-10,13-14,17-18,38H,5-8,11-12,15-16H2,(H,30,35). The SMILES string of the molecule is O=C(Cn1cccn1)Nc1cccc(-n2ncc3c(=O)n(CC4(O)CCN(C(=O)C5CC5)CC4)cnc32)c1. The average Bonchev–Trinajstić information content (AvgIpc) is 3.46. The Bertz CT molecular complexity index is 1540. The molecule has 38 heavy (non-hydrogen) atoms. The topological polar surface area (TPSA) is 140 Å². The molecule has 6 rings (SSSR count). The van der Waals surface area contributed by atoms with Gasteiger partial charge in [0.05, 0.1) is 24.0 Å². The number of carbonyl (C=O) groups is 2. The summed E-state index contributed by atoms with van der Waals surface area (Å²) in [6.45, 7) is 1.17. The normalized spacial score (nSPS) is 17.0. The first-order valence-corrected chi connectivity index (χ1v) is 12.7. The Morgan fingerprint density at radius 3 is 2.68 bits per heavy atom. The van der Waals surface area contributed by atoms with E-state index in [1.807, 2.05) is 11.0 Å². The summed E-state index contributed by atoms with van der Waals surface area (Å²) in [6.07, 6.45) is 8.95. The Morgan fingerprint density at radius 2 is 1.95 bits per heavy atom. The van der Waals surface area contributed by atoms with Gasteiger partial charge in [0.1, 0.15) is 18.3 Å². The number of nitrogens with one attached hydrogen (secondary N) is 1. The van der Waals surface area contributed by atoms with Crippen LogP contribution < -0.4 is 10.9 Å². The number of rotatable bonds is 7. The number of anilines is 1. The lowest BCUT2D eigenvalue weighted by Gasteiger charge is -2.38. The van der Waals surface area contributed by atoms with Gasteiger partial charge in [-0.1, -0.05) is 6.07 Å². The highest BCUT2D eigenvalue weighted by molar-refractivity contribution is 5.90.